The molecule has 14 nitrogen and oxygen atoms in total. The number of thiol groups is 1. The number of aliphatic carboxylic acids is 2. The lowest BCUT2D eigenvalue weighted by atomic mass is 9.97. The van der Waals surface area contributed by atoms with E-state index in [2.05, 4.69) is 33.6 Å². The Morgan fingerprint density at radius 1 is 0.943 bits per heavy atom. The van der Waals surface area contributed by atoms with Crippen molar-refractivity contribution in [2.45, 2.75) is 70.1 Å². The van der Waals surface area contributed by atoms with E-state index in [0.29, 0.717) is 12.8 Å². The molecule has 0 heterocycles. The van der Waals surface area contributed by atoms with Gasteiger partial charge in [0.05, 0.1) is 6.04 Å². The summed E-state index contributed by atoms with van der Waals surface area (Å²) in [5.41, 5.74) is 16.3. The summed E-state index contributed by atoms with van der Waals surface area (Å²) in [5, 5.41) is 25.4. The molecule has 0 fully saturated rings. The van der Waals surface area contributed by atoms with Crippen molar-refractivity contribution in [2.75, 3.05) is 12.3 Å². The molecule has 0 bridgehead atoms. The Bertz CT molecular complexity index is 777. The van der Waals surface area contributed by atoms with Crippen molar-refractivity contribution in [3.8, 4) is 0 Å². The number of carboxylic acid groups (broad SMARTS) is 2. The molecule has 3 amide bonds. The second-order valence-electron chi connectivity index (χ2n) is 8.00. The van der Waals surface area contributed by atoms with Crippen LogP contribution in [0.1, 0.15) is 46.0 Å². The molecule has 200 valence electrons. The van der Waals surface area contributed by atoms with Crippen molar-refractivity contribution < 1.29 is 34.2 Å². The number of amides is 3. The van der Waals surface area contributed by atoms with Crippen molar-refractivity contribution in [3.05, 3.63) is 0 Å². The van der Waals surface area contributed by atoms with E-state index < -0.39 is 53.8 Å². The highest BCUT2D eigenvalue weighted by Gasteiger charge is 2.32. The molecule has 0 rings (SSSR count). The maximum atomic E-state index is 13.1. The molecule has 0 saturated heterocycles. The summed E-state index contributed by atoms with van der Waals surface area (Å²) in [6, 6.07) is -4.64. The third-order valence-electron chi connectivity index (χ3n) is 5.17. The smallest absolute Gasteiger partial charge is 0.327 e. The molecule has 0 aromatic rings. The Morgan fingerprint density at radius 2 is 1.54 bits per heavy atom. The predicted molar refractivity (Wildman–Crippen MR) is 131 cm³/mol. The van der Waals surface area contributed by atoms with Gasteiger partial charge in [0.1, 0.15) is 18.1 Å². The van der Waals surface area contributed by atoms with E-state index in [1.807, 2.05) is 0 Å². The fourth-order valence-electron chi connectivity index (χ4n) is 2.86. The van der Waals surface area contributed by atoms with Crippen molar-refractivity contribution in [2.24, 2.45) is 28.1 Å². The van der Waals surface area contributed by atoms with Gasteiger partial charge < -0.3 is 43.4 Å². The minimum atomic E-state index is -1.28. The molecule has 0 aliphatic heterocycles. The fourth-order valence-corrected chi connectivity index (χ4v) is 3.11. The molecule has 35 heavy (non-hydrogen) atoms. The summed E-state index contributed by atoms with van der Waals surface area (Å²) in [5.74, 6) is -5.21. The average molecular weight is 520 g/mol. The van der Waals surface area contributed by atoms with Crippen molar-refractivity contribution >= 4 is 48.2 Å². The van der Waals surface area contributed by atoms with Gasteiger partial charge in [0, 0.05) is 18.7 Å². The fraction of sp³-hybridized carbons (Fsp3) is 0.700. The molecule has 0 aromatic carbocycles. The van der Waals surface area contributed by atoms with E-state index in [9.17, 15) is 29.1 Å². The first-order valence-electron chi connectivity index (χ1n) is 11.1. The van der Waals surface area contributed by atoms with Gasteiger partial charge in [0.25, 0.3) is 0 Å². The monoisotopic (exact) mass is 519 g/mol. The summed E-state index contributed by atoms with van der Waals surface area (Å²) in [6.45, 7) is 3.67. The van der Waals surface area contributed by atoms with E-state index >= 15 is 0 Å². The Hall–Kier alpha value is -3.07. The third-order valence-corrected chi connectivity index (χ3v) is 5.54. The molecule has 0 spiro atoms. The van der Waals surface area contributed by atoms with E-state index in [1.165, 1.54) is 0 Å². The van der Waals surface area contributed by atoms with Crippen LogP contribution >= 0.6 is 12.6 Å². The van der Waals surface area contributed by atoms with E-state index in [4.69, 9.17) is 22.3 Å². The van der Waals surface area contributed by atoms with Crippen LogP contribution in [0.2, 0.25) is 0 Å². The van der Waals surface area contributed by atoms with Crippen LogP contribution in [0.25, 0.3) is 0 Å². The van der Waals surface area contributed by atoms with Gasteiger partial charge in [-0.3, -0.25) is 24.2 Å². The number of guanidine groups is 1. The molecular formula is C20H37N7O7S. The molecule has 0 aliphatic carbocycles. The van der Waals surface area contributed by atoms with Gasteiger partial charge in [-0.05, 0) is 25.2 Å². The first-order valence-corrected chi connectivity index (χ1v) is 11.7. The lowest BCUT2D eigenvalue weighted by Crippen LogP contribution is -2.58. The van der Waals surface area contributed by atoms with Gasteiger partial charge >= 0.3 is 11.9 Å². The normalized spacial score (nSPS) is 15.0. The highest BCUT2D eigenvalue weighted by Crippen LogP contribution is 2.10. The third kappa shape index (κ3) is 12.8. The second-order valence-corrected chi connectivity index (χ2v) is 8.37. The summed E-state index contributed by atoms with van der Waals surface area (Å²) in [6.07, 6.45) is 0.396. The number of hydrogen-bond donors (Lipinski definition) is 9. The molecule has 0 aromatic heterocycles. The second kappa shape index (κ2) is 16.5. The zero-order chi connectivity index (χ0) is 27.1. The molecular weight excluding hydrogens is 482 g/mol. The van der Waals surface area contributed by atoms with Crippen LogP contribution in [-0.4, -0.2) is 82.3 Å². The zero-order valence-corrected chi connectivity index (χ0v) is 20.8. The van der Waals surface area contributed by atoms with Gasteiger partial charge in [0.15, 0.2) is 5.96 Å². The van der Waals surface area contributed by atoms with Gasteiger partial charge in [-0.2, -0.15) is 12.6 Å². The Labute approximate surface area is 209 Å². The Balaban J connectivity index is 5.57. The van der Waals surface area contributed by atoms with Crippen LogP contribution in [0.4, 0.5) is 0 Å². The molecule has 15 heteroatoms. The van der Waals surface area contributed by atoms with Gasteiger partial charge in [-0.1, -0.05) is 20.3 Å². The van der Waals surface area contributed by atoms with E-state index in [1.54, 1.807) is 13.8 Å². The quantitative estimate of drug-likeness (QED) is 0.0431. The molecule has 0 aliphatic rings. The van der Waals surface area contributed by atoms with E-state index in [-0.39, 0.29) is 43.4 Å². The Kier molecular flexibility index (Phi) is 15.1. The van der Waals surface area contributed by atoms with Crippen molar-refractivity contribution in [1.82, 2.24) is 16.0 Å². The summed E-state index contributed by atoms with van der Waals surface area (Å²) in [7, 11) is 0. The molecule has 11 N–H and O–H groups in total. The molecule has 0 saturated carbocycles. The number of nitrogens with one attached hydrogen (secondary N) is 3. The number of aliphatic imine (C=N–C) groups is 1. The van der Waals surface area contributed by atoms with Gasteiger partial charge in [0.2, 0.25) is 17.7 Å². The summed E-state index contributed by atoms with van der Waals surface area (Å²) >= 11 is 3.92. The number of carbonyl (C=O) groups is 5. The first-order chi connectivity index (χ1) is 16.3. The number of nitrogens with zero attached hydrogens (tertiary/aromatic N) is 1. The topological polar surface area (TPSA) is 252 Å². The number of hydrogen-bond acceptors (Lipinski definition) is 8. The SMILES string of the molecule is CCC(C)C(NC(=O)C(CCCN=C(N)N)NC(=O)C(N)CCC(=O)O)C(=O)NC(CS)C(=O)O. The van der Waals surface area contributed by atoms with Crippen LogP contribution < -0.4 is 33.2 Å². The zero-order valence-electron chi connectivity index (χ0n) is 19.9. The minimum Gasteiger partial charge on any atom is -0.481 e. The van der Waals surface area contributed by atoms with Crippen LogP contribution in [0.3, 0.4) is 0 Å². The van der Waals surface area contributed by atoms with E-state index in [0.717, 1.165) is 0 Å². The maximum absolute atomic E-state index is 13.1. The number of nitrogens with two attached hydrogens (primary N) is 3. The van der Waals surface area contributed by atoms with Crippen molar-refractivity contribution in [3.63, 3.8) is 0 Å². The lowest BCUT2D eigenvalue weighted by Gasteiger charge is -2.28. The first kappa shape index (κ1) is 31.9. The Morgan fingerprint density at radius 3 is 2.03 bits per heavy atom. The molecule has 5 unspecified atom stereocenters. The highest BCUT2D eigenvalue weighted by molar-refractivity contribution is 7.80. The van der Waals surface area contributed by atoms with Gasteiger partial charge in [-0.15, -0.1) is 0 Å². The van der Waals surface area contributed by atoms with Crippen LogP contribution in [-0.2, 0) is 24.0 Å². The standard InChI is InChI=1S/C20H37N7O7S/c1-3-10(2)15(18(32)26-13(9-35)19(33)34)27-17(31)12(5-4-8-24-20(22)23)25-16(30)11(21)6-7-14(28)29/h10-13,15,35H,3-9,21H2,1-2H3,(H,25,30)(H,26,32)(H,27,31)(H,28,29)(H,33,34)(H4,22,23,24). The number of carboxylic acids is 2. The average Bonchev–Trinajstić information content (AvgIpc) is 2.79. The predicted octanol–water partition coefficient (Wildman–Crippen LogP) is -2.25. The summed E-state index contributed by atoms with van der Waals surface area (Å²) < 4.78 is 0. The van der Waals surface area contributed by atoms with Crippen LogP contribution in [0.15, 0.2) is 4.99 Å². The van der Waals surface area contributed by atoms with Crippen LogP contribution in [0, 0.1) is 5.92 Å². The molecule has 5 atom stereocenters. The largest absolute Gasteiger partial charge is 0.481 e. The summed E-state index contributed by atoms with van der Waals surface area (Å²) in [4.78, 5) is 64.1. The minimum absolute atomic E-state index is 0.0865. The van der Waals surface area contributed by atoms with Gasteiger partial charge in [-0.25, -0.2) is 4.79 Å². The van der Waals surface area contributed by atoms with Crippen molar-refractivity contribution in [1.29, 1.82) is 0 Å². The highest BCUT2D eigenvalue weighted by atomic mass is 32.1. The number of carbonyl (C=O) groups excluding carboxylic acids is 3. The lowest BCUT2D eigenvalue weighted by molar-refractivity contribution is -0.142. The maximum Gasteiger partial charge on any atom is 0.327 e. The molecule has 0 radical (unpaired) electrons. The number of rotatable bonds is 17. The van der Waals surface area contributed by atoms with Crippen LogP contribution in [0.5, 0.6) is 0 Å².